The van der Waals surface area contributed by atoms with Gasteiger partial charge in [-0.25, -0.2) is 4.79 Å². The molecule has 2 aliphatic rings. The third-order valence-corrected chi connectivity index (χ3v) is 7.06. The molecule has 0 aliphatic carbocycles. The highest BCUT2D eigenvalue weighted by molar-refractivity contribution is 9.10. The summed E-state index contributed by atoms with van der Waals surface area (Å²) in [6.45, 7) is 5.13. The number of carboxylic acids is 1. The smallest absolute Gasteiger partial charge is 0.330 e. The number of thioether (sulfide) groups is 1. The van der Waals surface area contributed by atoms with Gasteiger partial charge in [-0.3, -0.25) is 14.5 Å². The summed E-state index contributed by atoms with van der Waals surface area (Å²) < 4.78 is 0.907. The van der Waals surface area contributed by atoms with Crippen LogP contribution in [0.25, 0.3) is 5.57 Å². The maximum atomic E-state index is 13.2. The molecule has 1 aromatic rings. The SMILES string of the molecule is CCC(C)C(C)(C(=O)O)N1C(=O)/C(=C2\C(=O)Nc3ccc(Br)cc32)SC1=S. The number of benzene rings is 1. The Bertz CT molecular complexity index is 930. The van der Waals surface area contributed by atoms with Gasteiger partial charge in [0.1, 0.15) is 9.86 Å². The first-order chi connectivity index (χ1) is 12.6. The van der Waals surface area contributed by atoms with Crippen LogP contribution < -0.4 is 5.32 Å². The summed E-state index contributed by atoms with van der Waals surface area (Å²) in [6, 6.07) is 5.28. The summed E-state index contributed by atoms with van der Waals surface area (Å²) >= 11 is 9.70. The second-order valence-electron chi connectivity index (χ2n) is 6.62. The van der Waals surface area contributed by atoms with E-state index < -0.39 is 23.3 Å². The lowest BCUT2D eigenvalue weighted by Gasteiger charge is -2.38. The fraction of sp³-hybridized carbons (Fsp3) is 0.333. The van der Waals surface area contributed by atoms with Crippen molar-refractivity contribution < 1.29 is 19.5 Å². The van der Waals surface area contributed by atoms with Gasteiger partial charge in [-0.1, -0.05) is 60.2 Å². The summed E-state index contributed by atoms with van der Waals surface area (Å²) in [4.78, 5) is 39.1. The normalized spacial score (nSPS) is 22.5. The van der Waals surface area contributed by atoms with Crippen LogP contribution in [0.2, 0.25) is 0 Å². The number of carbonyl (C=O) groups is 3. The molecule has 1 fully saturated rings. The van der Waals surface area contributed by atoms with Crippen molar-refractivity contribution in [1.82, 2.24) is 4.90 Å². The topological polar surface area (TPSA) is 86.7 Å². The Morgan fingerprint density at radius 2 is 2.11 bits per heavy atom. The van der Waals surface area contributed by atoms with Crippen LogP contribution in [-0.2, 0) is 14.4 Å². The molecule has 2 heterocycles. The molecule has 0 radical (unpaired) electrons. The summed E-state index contributed by atoms with van der Waals surface area (Å²) in [5, 5.41) is 12.6. The van der Waals surface area contributed by atoms with Gasteiger partial charge in [0, 0.05) is 15.7 Å². The summed E-state index contributed by atoms with van der Waals surface area (Å²) in [7, 11) is 0. The van der Waals surface area contributed by atoms with Gasteiger partial charge >= 0.3 is 5.97 Å². The minimum Gasteiger partial charge on any atom is -0.479 e. The standard InChI is InChI=1S/C18H17BrN2O4S2/c1-4-8(2)18(3,16(24)25)21-15(23)13(27-17(21)26)12-10-7-9(19)5-6-11(10)20-14(12)22/h5-8H,4H2,1-3H3,(H,20,22)(H,24,25)/b13-12+. The molecule has 0 aromatic heterocycles. The highest BCUT2D eigenvalue weighted by Gasteiger charge is 2.53. The highest BCUT2D eigenvalue weighted by Crippen LogP contribution is 2.46. The molecule has 0 saturated carbocycles. The number of rotatable bonds is 4. The number of anilines is 1. The van der Waals surface area contributed by atoms with E-state index in [2.05, 4.69) is 21.2 Å². The first-order valence-electron chi connectivity index (χ1n) is 8.28. The van der Waals surface area contributed by atoms with Crippen LogP contribution in [-0.4, -0.2) is 37.6 Å². The van der Waals surface area contributed by atoms with Crippen molar-refractivity contribution in [2.45, 2.75) is 32.7 Å². The Morgan fingerprint density at radius 1 is 1.44 bits per heavy atom. The minimum absolute atomic E-state index is 0.143. The average molecular weight is 469 g/mol. The van der Waals surface area contributed by atoms with Crippen LogP contribution in [0.5, 0.6) is 0 Å². The Hall–Kier alpha value is -1.71. The molecule has 2 atom stereocenters. The molecule has 9 heteroatoms. The molecule has 0 bridgehead atoms. The second kappa shape index (κ2) is 7.03. The second-order valence-corrected chi connectivity index (χ2v) is 9.18. The van der Waals surface area contributed by atoms with Crippen molar-refractivity contribution in [3.05, 3.63) is 33.1 Å². The van der Waals surface area contributed by atoms with Crippen LogP contribution in [0, 0.1) is 5.92 Å². The zero-order valence-electron chi connectivity index (χ0n) is 14.8. The molecule has 6 nitrogen and oxygen atoms in total. The van der Waals surface area contributed by atoms with E-state index >= 15 is 0 Å². The van der Waals surface area contributed by atoms with E-state index in [0.29, 0.717) is 17.7 Å². The number of hydrogen-bond acceptors (Lipinski definition) is 5. The Balaban J connectivity index is 2.15. The molecule has 0 spiro atoms. The molecule has 2 amide bonds. The summed E-state index contributed by atoms with van der Waals surface area (Å²) in [6.07, 6.45) is 0.558. The maximum Gasteiger partial charge on any atom is 0.330 e. The first-order valence-corrected chi connectivity index (χ1v) is 10.3. The molecule has 3 rings (SSSR count). The lowest BCUT2D eigenvalue weighted by atomic mass is 9.83. The summed E-state index contributed by atoms with van der Waals surface area (Å²) in [5.41, 5.74) is -0.0715. The van der Waals surface area contributed by atoms with Gasteiger partial charge in [-0.15, -0.1) is 0 Å². The predicted molar refractivity (Wildman–Crippen MR) is 112 cm³/mol. The minimum atomic E-state index is -1.49. The Labute approximate surface area is 174 Å². The number of thiocarbonyl (C=S) groups is 1. The van der Waals surface area contributed by atoms with Gasteiger partial charge in [-0.05, 0) is 31.0 Å². The molecule has 1 saturated heterocycles. The van der Waals surface area contributed by atoms with Crippen molar-refractivity contribution in [3.8, 4) is 0 Å². The maximum absolute atomic E-state index is 13.2. The van der Waals surface area contributed by atoms with Crippen LogP contribution >= 0.6 is 39.9 Å². The number of fused-ring (bicyclic) bond motifs is 1. The van der Waals surface area contributed by atoms with Gasteiger partial charge in [0.05, 0.1) is 10.5 Å². The molecule has 142 valence electrons. The fourth-order valence-electron chi connectivity index (χ4n) is 3.21. The van der Waals surface area contributed by atoms with Crippen LogP contribution in [0.1, 0.15) is 32.8 Å². The van der Waals surface area contributed by atoms with E-state index in [1.54, 1.807) is 25.1 Å². The summed E-state index contributed by atoms with van der Waals surface area (Å²) in [5.74, 6) is -2.41. The molecule has 1 aromatic carbocycles. The van der Waals surface area contributed by atoms with E-state index in [-0.39, 0.29) is 20.7 Å². The number of nitrogens with one attached hydrogen (secondary N) is 1. The average Bonchev–Trinajstić information content (AvgIpc) is 3.08. The van der Waals surface area contributed by atoms with Crippen LogP contribution in [0.4, 0.5) is 5.69 Å². The third kappa shape index (κ3) is 3.01. The van der Waals surface area contributed by atoms with Crippen molar-refractivity contribution in [1.29, 1.82) is 0 Å². The van der Waals surface area contributed by atoms with E-state index in [9.17, 15) is 19.5 Å². The van der Waals surface area contributed by atoms with Crippen molar-refractivity contribution in [3.63, 3.8) is 0 Å². The van der Waals surface area contributed by atoms with Crippen molar-refractivity contribution in [2.75, 3.05) is 5.32 Å². The largest absolute Gasteiger partial charge is 0.479 e. The fourth-order valence-corrected chi connectivity index (χ4v) is 5.11. The highest BCUT2D eigenvalue weighted by atomic mass is 79.9. The molecule has 2 aliphatic heterocycles. The number of carbonyl (C=O) groups excluding carboxylic acids is 2. The number of aliphatic carboxylic acids is 1. The molecular weight excluding hydrogens is 452 g/mol. The Kier molecular flexibility index (Phi) is 5.22. The Morgan fingerprint density at radius 3 is 2.70 bits per heavy atom. The van der Waals surface area contributed by atoms with E-state index in [1.807, 2.05) is 6.92 Å². The molecule has 2 N–H and O–H groups in total. The molecule has 2 unspecified atom stereocenters. The predicted octanol–water partition coefficient (Wildman–Crippen LogP) is 3.86. The zero-order chi connectivity index (χ0) is 20.1. The van der Waals surface area contributed by atoms with E-state index in [0.717, 1.165) is 21.1 Å². The molecule has 27 heavy (non-hydrogen) atoms. The lowest BCUT2D eigenvalue weighted by molar-refractivity contribution is -0.155. The van der Waals surface area contributed by atoms with Gasteiger partial charge in [0.15, 0.2) is 0 Å². The third-order valence-electron chi connectivity index (χ3n) is 5.19. The van der Waals surface area contributed by atoms with Crippen LogP contribution in [0.15, 0.2) is 27.6 Å². The number of carboxylic acid groups (broad SMARTS) is 1. The number of hydrogen-bond donors (Lipinski definition) is 2. The van der Waals surface area contributed by atoms with Gasteiger partial charge in [0.25, 0.3) is 11.8 Å². The van der Waals surface area contributed by atoms with Gasteiger partial charge in [-0.2, -0.15) is 0 Å². The quantitative estimate of drug-likeness (QED) is 0.515. The van der Waals surface area contributed by atoms with Crippen molar-refractivity contribution in [2.24, 2.45) is 5.92 Å². The van der Waals surface area contributed by atoms with Crippen molar-refractivity contribution >= 4 is 73.3 Å². The zero-order valence-corrected chi connectivity index (χ0v) is 18.0. The monoisotopic (exact) mass is 468 g/mol. The van der Waals surface area contributed by atoms with Gasteiger partial charge in [0.2, 0.25) is 0 Å². The first kappa shape index (κ1) is 20.0. The number of nitrogens with zero attached hydrogens (tertiary/aromatic N) is 1. The number of halogens is 1. The van der Waals surface area contributed by atoms with E-state index in [4.69, 9.17) is 12.2 Å². The molecular formula is C18H17BrN2O4S2. The van der Waals surface area contributed by atoms with Gasteiger partial charge < -0.3 is 10.4 Å². The van der Waals surface area contributed by atoms with E-state index in [1.165, 1.54) is 6.92 Å². The van der Waals surface area contributed by atoms with Crippen LogP contribution in [0.3, 0.4) is 0 Å². The number of amides is 2. The lowest BCUT2D eigenvalue weighted by Crippen LogP contribution is -2.58.